The molecule has 2 aliphatic carbocycles. The summed E-state index contributed by atoms with van der Waals surface area (Å²) in [5.41, 5.74) is 1.06. The molecular formula is C16H32O2Si. The number of hydrogen-bond donors (Lipinski definition) is 0. The summed E-state index contributed by atoms with van der Waals surface area (Å²) >= 11 is 0. The van der Waals surface area contributed by atoms with Crippen molar-refractivity contribution in [2.45, 2.75) is 71.9 Å². The van der Waals surface area contributed by atoms with Crippen molar-refractivity contribution in [3.8, 4) is 0 Å². The van der Waals surface area contributed by atoms with Crippen LogP contribution in [-0.2, 0) is 8.85 Å². The van der Waals surface area contributed by atoms with Crippen molar-refractivity contribution in [3.05, 3.63) is 0 Å². The topological polar surface area (TPSA) is 18.5 Å². The average Bonchev–Trinajstić information content (AvgIpc) is 2.89. The average molecular weight is 285 g/mol. The van der Waals surface area contributed by atoms with Crippen LogP contribution >= 0.6 is 0 Å². The van der Waals surface area contributed by atoms with E-state index in [1.807, 2.05) is 0 Å². The van der Waals surface area contributed by atoms with E-state index in [9.17, 15) is 0 Å². The van der Waals surface area contributed by atoms with Crippen molar-refractivity contribution >= 4 is 8.56 Å². The molecule has 19 heavy (non-hydrogen) atoms. The fraction of sp³-hybridized carbons (Fsp3) is 1.00. The van der Waals surface area contributed by atoms with E-state index < -0.39 is 8.56 Å². The standard InChI is InChI=1S/C16H32O2Si/c1-6-17-19(18-7-2,12-16(3,4)5)15-11-13-8-9-14(15)10-13/h13-15H,6-12H2,1-5H3. The van der Waals surface area contributed by atoms with Crippen molar-refractivity contribution in [2.75, 3.05) is 13.2 Å². The monoisotopic (exact) mass is 284 g/mol. The van der Waals surface area contributed by atoms with Gasteiger partial charge in [-0.05, 0) is 50.0 Å². The molecule has 0 N–H and O–H groups in total. The first-order valence-electron chi connectivity index (χ1n) is 8.18. The molecule has 0 amide bonds. The van der Waals surface area contributed by atoms with Gasteiger partial charge in [0.1, 0.15) is 0 Å². The number of hydrogen-bond acceptors (Lipinski definition) is 2. The van der Waals surface area contributed by atoms with Crippen LogP contribution < -0.4 is 0 Å². The zero-order chi connectivity index (χ0) is 14.1. The summed E-state index contributed by atoms with van der Waals surface area (Å²) in [4.78, 5) is 0. The molecule has 0 aromatic carbocycles. The Kier molecular flexibility index (Phi) is 4.79. The predicted octanol–water partition coefficient (Wildman–Crippen LogP) is 4.74. The van der Waals surface area contributed by atoms with Crippen molar-refractivity contribution in [3.63, 3.8) is 0 Å². The van der Waals surface area contributed by atoms with E-state index >= 15 is 0 Å². The Bertz CT molecular complexity index is 292. The van der Waals surface area contributed by atoms with Gasteiger partial charge in [0.25, 0.3) is 0 Å². The lowest BCUT2D eigenvalue weighted by molar-refractivity contribution is 0.150. The molecule has 3 atom stereocenters. The summed E-state index contributed by atoms with van der Waals surface area (Å²) in [6.07, 6.45) is 5.71. The van der Waals surface area contributed by atoms with Crippen LogP contribution in [0.15, 0.2) is 0 Å². The lowest BCUT2D eigenvalue weighted by Crippen LogP contribution is -2.51. The molecule has 0 aromatic heterocycles. The van der Waals surface area contributed by atoms with Gasteiger partial charge < -0.3 is 8.85 Å². The second-order valence-electron chi connectivity index (χ2n) is 7.70. The van der Waals surface area contributed by atoms with E-state index in [4.69, 9.17) is 8.85 Å². The van der Waals surface area contributed by atoms with E-state index in [0.29, 0.717) is 5.41 Å². The highest BCUT2D eigenvalue weighted by Gasteiger charge is 2.56. The molecule has 0 aromatic rings. The summed E-state index contributed by atoms with van der Waals surface area (Å²) in [5.74, 6) is 1.87. The third-order valence-electron chi connectivity index (χ3n) is 4.86. The lowest BCUT2D eigenvalue weighted by Gasteiger charge is -2.42. The quantitative estimate of drug-likeness (QED) is 0.656. The first kappa shape index (κ1) is 15.5. The summed E-state index contributed by atoms with van der Waals surface area (Å²) in [5, 5.41) is 0. The van der Waals surface area contributed by atoms with Gasteiger partial charge in [-0.15, -0.1) is 0 Å². The molecule has 2 saturated carbocycles. The Morgan fingerprint density at radius 1 is 1.00 bits per heavy atom. The van der Waals surface area contributed by atoms with Crippen LogP contribution in [0.3, 0.4) is 0 Å². The Labute approximate surface area is 120 Å². The molecule has 3 heteroatoms. The Morgan fingerprint density at radius 3 is 2.00 bits per heavy atom. The first-order valence-corrected chi connectivity index (χ1v) is 10.3. The van der Waals surface area contributed by atoms with Gasteiger partial charge in [0.15, 0.2) is 0 Å². The minimum atomic E-state index is -2.05. The van der Waals surface area contributed by atoms with Gasteiger partial charge in [0, 0.05) is 18.8 Å². The molecule has 2 aliphatic rings. The highest BCUT2D eigenvalue weighted by atomic mass is 28.4. The van der Waals surface area contributed by atoms with Crippen molar-refractivity contribution < 1.29 is 8.85 Å². The smallest absolute Gasteiger partial charge is 0.342 e. The van der Waals surface area contributed by atoms with E-state index in [1.165, 1.54) is 25.7 Å². The maximum absolute atomic E-state index is 6.40. The molecule has 2 fully saturated rings. The second-order valence-corrected chi connectivity index (χ2v) is 11.0. The van der Waals surface area contributed by atoms with Gasteiger partial charge >= 0.3 is 8.56 Å². The van der Waals surface area contributed by atoms with Gasteiger partial charge in [0.2, 0.25) is 0 Å². The first-order chi connectivity index (χ1) is 8.90. The van der Waals surface area contributed by atoms with Crippen LogP contribution in [0.25, 0.3) is 0 Å². The molecule has 0 saturated heterocycles. The van der Waals surface area contributed by atoms with Crippen molar-refractivity contribution in [1.29, 1.82) is 0 Å². The van der Waals surface area contributed by atoms with Crippen LogP contribution in [0.1, 0.15) is 60.3 Å². The SMILES string of the molecule is CCO[Si](CC(C)(C)C)(OCC)C1CC2CCC1C2. The Hall–Kier alpha value is 0.137. The minimum Gasteiger partial charge on any atom is -0.394 e. The summed E-state index contributed by atoms with van der Waals surface area (Å²) < 4.78 is 12.8. The predicted molar refractivity (Wildman–Crippen MR) is 82.5 cm³/mol. The van der Waals surface area contributed by atoms with Crippen LogP contribution in [0.4, 0.5) is 0 Å². The summed E-state index contributed by atoms with van der Waals surface area (Å²) in [6, 6.07) is 1.15. The molecular weight excluding hydrogens is 252 g/mol. The van der Waals surface area contributed by atoms with E-state index in [2.05, 4.69) is 34.6 Å². The molecule has 112 valence electrons. The molecule has 0 spiro atoms. The molecule has 0 heterocycles. The number of rotatable bonds is 6. The van der Waals surface area contributed by atoms with Crippen LogP contribution in [0, 0.1) is 17.3 Å². The molecule has 2 nitrogen and oxygen atoms in total. The maximum Gasteiger partial charge on any atom is 0.342 e. The molecule has 3 unspecified atom stereocenters. The maximum atomic E-state index is 6.40. The largest absolute Gasteiger partial charge is 0.394 e. The fourth-order valence-electron chi connectivity index (χ4n) is 4.50. The molecule has 2 rings (SSSR count). The van der Waals surface area contributed by atoms with Crippen LogP contribution in [0.5, 0.6) is 0 Å². The van der Waals surface area contributed by atoms with E-state index in [0.717, 1.165) is 36.6 Å². The van der Waals surface area contributed by atoms with Gasteiger partial charge in [-0.3, -0.25) is 0 Å². The Balaban J connectivity index is 2.20. The molecule has 0 aliphatic heterocycles. The van der Waals surface area contributed by atoms with Crippen LogP contribution in [-0.4, -0.2) is 21.8 Å². The molecule has 0 radical (unpaired) electrons. The minimum absolute atomic E-state index is 0.304. The zero-order valence-corrected chi connectivity index (χ0v) is 14.5. The highest BCUT2D eigenvalue weighted by Crippen LogP contribution is 2.57. The van der Waals surface area contributed by atoms with Crippen LogP contribution in [0.2, 0.25) is 11.6 Å². The second kappa shape index (κ2) is 5.86. The highest BCUT2D eigenvalue weighted by molar-refractivity contribution is 6.69. The van der Waals surface area contributed by atoms with Gasteiger partial charge in [-0.2, -0.15) is 0 Å². The molecule has 2 bridgehead atoms. The Morgan fingerprint density at radius 2 is 1.63 bits per heavy atom. The van der Waals surface area contributed by atoms with Crippen molar-refractivity contribution in [2.24, 2.45) is 17.3 Å². The lowest BCUT2D eigenvalue weighted by atomic mass is 9.99. The third kappa shape index (κ3) is 3.42. The zero-order valence-electron chi connectivity index (χ0n) is 13.5. The van der Waals surface area contributed by atoms with E-state index in [-0.39, 0.29) is 0 Å². The summed E-state index contributed by atoms with van der Waals surface area (Å²) in [7, 11) is -2.05. The fourth-order valence-corrected chi connectivity index (χ4v) is 9.65. The number of fused-ring (bicyclic) bond motifs is 2. The third-order valence-corrected chi connectivity index (χ3v) is 9.80. The van der Waals surface area contributed by atoms with Gasteiger partial charge in [-0.1, -0.05) is 33.6 Å². The van der Waals surface area contributed by atoms with E-state index in [1.54, 1.807) is 0 Å². The summed E-state index contributed by atoms with van der Waals surface area (Å²) in [6.45, 7) is 12.9. The van der Waals surface area contributed by atoms with Gasteiger partial charge in [0.05, 0.1) is 0 Å². The normalized spacial score (nSPS) is 31.1. The van der Waals surface area contributed by atoms with Crippen molar-refractivity contribution in [1.82, 2.24) is 0 Å². The van der Waals surface area contributed by atoms with Gasteiger partial charge in [-0.25, -0.2) is 0 Å².